The van der Waals surface area contributed by atoms with Crippen LogP contribution in [0.1, 0.15) is 52.0 Å². The maximum Gasteiger partial charge on any atom is 0.326 e. The van der Waals surface area contributed by atoms with E-state index in [2.05, 4.69) is 21.2 Å². The first-order valence-electron chi connectivity index (χ1n) is 10.7. The lowest BCUT2D eigenvalue weighted by Crippen LogP contribution is -2.54. The van der Waals surface area contributed by atoms with E-state index in [1.54, 1.807) is 12.1 Å². The van der Waals surface area contributed by atoms with Gasteiger partial charge in [0.25, 0.3) is 5.91 Å². The van der Waals surface area contributed by atoms with Crippen LogP contribution in [0.4, 0.5) is 4.79 Å². The Bertz CT molecular complexity index is 861. The summed E-state index contributed by atoms with van der Waals surface area (Å²) >= 11 is 3.46. The van der Waals surface area contributed by atoms with Gasteiger partial charge in [0, 0.05) is 10.0 Å². The van der Waals surface area contributed by atoms with Gasteiger partial charge >= 0.3 is 12.0 Å². The van der Waals surface area contributed by atoms with Crippen LogP contribution in [0.25, 0.3) is 0 Å². The van der Waals surface area contributed by atoms with E-state index in [9.17, 15) is 14.4 Å². The molecule has 1 aromatic rings. The Kier molecular flexibility index (Phi) is 7.46. The Hall–Kier alpha value is -2.29. The highest BCUT2D eigenvalue weighted by Crippen LogP contribution is 2.38. The van der Waals surface area contributed by atoms with Gasteiger partial charge in [-0.15, -0.1) is 0 Å². The minimum atomic E-state index is -0.889. The van der Waals surface area contributed by atoms with E-state index >= 15 is 0 Å². The summed E-state index contributed by atoms with van der Waals surface area (Å²) in [5.41, 5.74) is -0.199. The Labute approximate surface area is 190 Å². The fraction of sp³-hybridized carbons (Fsp3) is 0.591. The second kappa shape index (κ2) is 9.89. The number of rotatable bonds is 8. The van der Waals surface area contributed by atoms with Crippen molar-refractivity contribution in [2.45, 2.75) is 58.6 Å². The van der Waals surface area contributed by atoms with Crippen molar-refractivity contribution in [3.63, 3.8) is 0 Å². The second-order valence-electron chi connectivity index (χ2n) is 7.86. The van der Waals surface area contributed by atoms with Gasteiger partial charge in [0.15, 0.2) is 11.5 Å². The molecule has 1 N–H and O–H groups in total. The minimum Gasteiger partial charge on any atom is -0.490 e. The first-order chi connectivity index (χ1) is 14.8. The predicted octanol–water partition coefficient (Wildman–Crippen LogP) is 3.79. The first-order valence-corrected chi connectivity index (χ1v) is 11.5. The molecular formula is C22H29BrN2O6. The van der Waals surface area contributed by atoms with E-state index in [0.717, 1.165) is 24.2 Å². The van der Waals surface area contributed by atoms with Crippen LogP contribution in [0.2, 0.25) is 0 Å². The number of hydrogen-bond acceptors (Lipinski definition) is 6. The highest BCUT2D eigenvalue weighted by atomic mass is 79.9. The highest BCUT2D eigenvalue weighted by molar-refractivity contribution is 9.10. The summed E-state index contributed by atoms with van der Waals surface area (Å²) in [4.78, 5) is 38.8. The third kappa shape index (κ3) is 4.81. The van der Waals surface area contributed by atoms with E-state index in [-0.39, 0.29) is 18.4 Å². The van der Waals surface area contributed by atoms with Crippen molar-refractivity contribution in [1.82, 2.24) is 10.2 Å². The van der Waals surface area contributed by atoms with Gasteiger partial charge in [0.05, 0.1) is 13.2 Å². The molecule has 1 aliphatic carbocycles. The minimum absolute atomic E-state index is 0.0307. The number of halogens is 1. The molecule has 1 spiro atoms. The van der Waals surface area contributed by atoms with Gasteiger partial charge in [-0.25, -0.2) is 4.79 Å². The van der Waals surface area contributed by atoms with Crippen LogP contribution in [0.15, 0.2) is 16.6 Å². The molecule has 170 valence electrons. The lowest BCUT2D eigenvalue weighted by atomic mass is 9.73. The number of ether oxygens (including phenoxy) is 3. The normalized spacial score (nSPS) is 23.1. The van der Waals surface area contributed by atoms with Crippen molar-refractivity contribution >= 4 is 33.8 Å². The number of esters is 1. The second-order valence-corrected chi connectivity index (χ2v) is 8.71. The molecule has 31 heavy (non-hydrogen) atoms. The average molecular weight is 497 g/mol. The molecule has 2 fully saturated rings. The molecule has 3 amide bonds. The summed E-state index contributed by atoms with van der Waals surface area (Å²) in [6.07, 6.45) is 3.39. The molecule has 3 rings (SSSR count). The zero-order chi connectivity index (χ0) is 22.6. The molecule has 1 heterocycles. The summed E-state index contributed by atoms with van der Waals surface area (Å²) in [5, 5.41) is 2.84. The number of nitrogens with zero attached hydrogens (tertiary/aromatic N) is 1. The van der Waals surface area contributed by atoms with Gasteiger partial charge in [0.1, 0.15) is 18.7 Å². The monoisotopic (exact) mass is 496 g/mol. The molecule has 1 aromatic carbocycles. The number of amides is 3. The number of hydrogen-bond donors (Lipinski definition) is 1. The molecule has 9 heteroatoms. The summed E-state index contributed by atoms with van der Waals surface area (Å²) < 4.78 is 17.3. The van der Waals surface area contributed by atoms with Crippen molar-refractivity contribution < 1.29 is 28.6 Å². The van der Waals surface area contributed by atoms with Crippen LogP contribution >= 0.6 is 15.9 Å². The largest absolute Gasteiger partial charge is 0.490 e. The maximum absolute atomic E-state index is 13.0. The third-order valence-electron chi connectivity index (χ3n) is 5.89. The zero-order valence-electron chi connectivity index (χ0n) is 18.2. The molecule has 8 nitrogen and oxygen atoms in total. The Morgan fingerprint density at radius 3 is 2.52 bits per heavy atom. The van der Waals surface area contributed by atoms with Gasteiger partial charge in [-0.1, -0.05) is 35.7 Å². The quantitative estimate of drug-likeness (QED) is 0.434. The summed E-state index contributed by atoms with van der Waals surface area (Å²) in [5.74, 6) is 0.208. The fourth-order valence-corrected chi connectivity index (χ4v) is 4.63. The molecule has 1 aliphatic heterocycles. The molecule has 0 aromatic heterocycles. The molecular weight excluding hydrogens is 468 g/mol. The predicted molar refractivity (Wildman–Crippen MR) is 117 cm³/mol. The average Bonchev–Trinajstić information content (AvgIpc) is 2.96. The van der Waals surface area contributed by atoms with E-state index in [1.807, 2.05) is 20.8 Å². The molecule has 0 radical (unpaired) electrons. The van der Waals surface area contributed by atoms with Crippen molar-refractivity contribution in [2.75, 3.05) is 19.8 Å². The van der Waals surface area contributed by atoms with Crippen LogP contribution < -0.4 is 14.8 Å². The number of benzene rings is 1. The number of urea groups is 1. The molecule has 2 atom stereocenters. The number of nitrogens with one attached hydrogen (secondary N) is 1. The molecule has 1 saturated carbocycles. The van der Waals surface area contributed by atoms with Gasteiger partial charge in [-0.05, 0) is 44.7 Å². The van der Waals surface area contributed by atoms with Crippen LogP contribution in [-0.2, 0) is 20.9 Å². The number of carbonyl (C=O) groups excluding carboxylic acids is 3. The van der Waals surface area contributed by atoms with E-state index < -0.39 is 24.1 Å². The number of imide groups is 1. The summed E-state index contributed by atoms with van der Waals surface area (Å²) in [7, 11) is 0. The first kappa shape index (κ1) is 23.4. The SMILES string of the molecule is CCOc1cc(Br)c(COC(=O)CN2C(=O)NC3(CCCCC3C)C2=O)cc1OCC. The smallest absolute Gasteiger partial charge is 0.326 e. The van der Waals surface area contributed by atoms with Crippen molar-refractivity contribution in [3.05, 3.63) is 22.2 Å². The fourth-order valence-electron chi connectivity index (χ4n) is 4.20. The van der Waals surface area contributed by atoms with Crippen molar-refractivity contribution in [3.8, 4) is 11.5 Å². The molecule has 2 unspecified atom stereocenters. The van der Waals surface area contributed by atoms with Gasteiger partial charge in [-0.3, -0.25) is 14.5 Å². The summed E-state index contributed by atoms with van der Waals surface area (Å²) in [6, 6.07) is 2.98. The van der Waals surface area contributed by atoms with E-state index in [4.69, 9.17) is 14.2 Å². The molecule has 1 saturated heterocycles. The Morgan fingerprint density at radius 1 is 1.19 bits per heavy atom. The van der Waals surface area contributed by atoms with Gasteiger partial charge in [0.2, 0.25) is 0 Å². The van der Waals surface area contributed by atoms with Crippen LogP contribution in [0.3, 0.4) is 0 Å². The lowest BCUT2D eigenvalue weighted by Gasteiger charge is -2.36. The third-order valence-corrected chi connectivity index (χ3v) is 6.63. The maximum atomic E-state index is 13.0. The van der Waals surface area contributed by atoms with Gasteiger partial charge < -0.3 is 19.5 Å². The Morgan fingerprint density at radius 2 is 1.87 bits per heavy atom. The van der Waals surface area contributed by atoms with E-state index in [0.29, 0.717) is 41.2 Å². The van der Waals surface area contributed by atoms with Crippen molar-refractivity contribution in [2.24, 2.45) is 5.92 Å². The van der Waals surface area contributed by atoms with Crippen LogP contribution in [0.5, 0.6) is 11.5 Å². The van der Waals surface area contributed by atoms with Crippen LogP contribution in [-0.4, -0.2) is 48.1 Å². The topological polar surface area (TPSA) is 94.2 Å². The van der Waals surface area contributed by atoms with E-state index in [1.165, 1.54) is 0 Å². The highest BCUT2D eigenvalue weighted by Gasteiger charge is 2.55. The molecule has 0 bridgehead atoms. The lowest BCUT2D eigenvalue weighted by molar-refractivity contribution is -0.149. The molecule has 2 aliphatic rings. The van der Waals surface area contributed by atoms with Crippen LogP contribution in [0, 0.1) is 5.92 Å². The van der Waals surface area contributed by atoms with Crippen molar-refractivity contribution in [1.29, 1.82) is 0 Å². The zero-order valence-corrected chi connectivity index (χ0v) is 19.7. The Balaban J connectivity index is 1.64. The summed E-state index contributed by atoms with van der Waals surface area (Å²) in [6.45, 7) is 6.24. The standard InChI is InChI=1S/C22H29BrN2O6/c1-4-29-17-10-15(16(23)11-18(17)30-5-2)13-31-19(26)12-25-20(27)22(24-21(25)28)9-7-6-8-14(22)3/h10-11,14H,4-9,12-13H2,1-3H3,(H,24,28). The van der Waals surface area contributed by atoms with Gasteiger partial charge in [-0.2, -0.15) is 0 Å². The number of carbonyl (C=O) groups is 3.